The van der Waals surface area contributed by atoms with Gasteiger partial charge in [0.15, 0.2) is 12.4 Å². The predicted molar refractivity (Wildman–Crippen MR) is 108 cm³/mol. The summed E-state index contributed by atoms with van der Waals surface area (Å²) in [6, 6.07) is 8.12. The van der Waals surface area contributed by atoms with Crippen LogP contribution in [0.25, 0.3) is 0 Å². The molecule has 1 amide bonds. The lowest BCUT2D eigenvalue weighted by atomic mass is 9.98. The fourth-order valence-corrected chi connectivity index (χ4v) is 3.13. The van der Waals surface area contributed by atoms with E-state index in [-0.39, 0.29) is 0 Å². The van der Waals surface area contributed by atoms with Gasteiger partial charge >= 0.3 is 12.1 Å². The molecule has 1 heterocycles. The average Bonchev–Trinajstić information content (AvgIpc) is 2.69. The van der Waals surface area contributed by atoms with Gasteiger partial charge in [-0.2, -0.15) is 0 Å². The second kappa shape index (κ2) is 9.92. The number of amides is 1. The molecule has 174 valence electrons. The Morgan fingerprint density at radius 3 is 2.16 bits per heavy atom. The normalized spacial score (nSPS) is 28.5. The quantitative estimate of drug-likeness (QED) is 0.505. The maximum atomic E-state index is 12.5. The Kier molecular flexibility index (Phi) is 8.01. The molecule has 2 rings (SSSR count). The van der Waals surface area contributed by atoms with Crippen LogP contribution < -0.4 is 0 Å². The zero-order valence-electron chi connectivity index (χ0n) is 18.2. The Bertz CT molecular complexity index is 751. The van der Waals surface area contributed by atoms with Crippen LogP contribution in [0.5, 0.6) is 0 Å². The number of carbonyl (C=O) groups excluding carboxylic acids is 1. The second-order valence-electron chi connectivity index (χ2n) is 8.53. The summed E-state index contributed by atoms with van der Waals surface area (Å²) in [6.45, 7) is 6.90. The minimum Gasteiger partial charge on any atom is -0.479 e. The molecule has 0 aliphatic carbocycles. The van der Waals surface area contributed by atoms with Crippen LogP contribution in [-0.4, -0.2) is 86.8 Å². The van der Waals surface area contributed by atoms with E-state index >= 15 is 0 Å². The highest BCUT2D eigenvalue weighted by molar-refractivity contribution is 5.73. The van der Waals surface area contributed by atoms with Gasteiger partial charge in [0.05, 0.1) is 6.04 Å². The van der Waals surface area contributed by atoms with Gasteiger partial charge in [-0.15, -0.1) is 0 Å². The monoisotopic (exact) mass is 441 g/mol. The first kappa shape index (κ1) is 25.0. The minimum atomic E-state index is -1.83. The molecular weight excluding hydrogens is 410 g/mol. The van der Waals surface area contributed by atoms with Crippen LogP contribution in [0.4, 0.5) is 4.79 Å². The molecule has 1 aliphatic rings. The number of likely N-dealkylation sites (N-methyl/N-ethyl adjacent to an activating group) is 1. The number of ether oxygens (including phenoxy) is 3. The van der Waals surface area contributed by atoms with E-state index in [2.05, 4.69) is 0 Å². The van der Waals surface area contributed by atoms with E-state index < -0.39 is 60.5 Å². The van der Waals surface area contributed by atoms with Gasteiger partial charge in [-0.25, -0.2) is 9.59 Å². The van der Waals surface area contributed by atoms with Crippen molar-refractivity contribution in [2.45, 2.75) is 76.1 Å². The Hall–Kier alpha value is -2.24. The van der Waals surface area contributed by atoms with Crippen LogP contribution in [0.15, 0.2) is 30.3 Å². The van der Waals surface area contributed by atoms with Crippen molar-refractivity contribution >= 4 is 12.1 Å². The standard InChI is InChI=1S/C21H31NO9/c1-11(22(5)20(28)31-21(2,3)4)16(12-9-7-6-8-10-12)29-19-15(25)13(23)14(24)17(30-19)18(26)27/h6-11,13-17,19,23-25H,1-5H3,(H,26,27)/t11?,13-,14-,15+,16?,17-,19+/m0/s1. The first-order valence-corrected chi connectivity index (χ1v) is 9.92. The van der Waals surface area contributed by atoms with Gasteiger partial charge in [-0.3, -0.25) is 0 Å². The molecule has 0 aromatic heterocycles. The highest BCUT2D eigenvalue weighted by atomic mass is 16.7. The Morgan fingerprint density at radius 2 is 1.65 bits per heavy atom. The summed E-state index contributed by atoms with van der Waals surface area (Å²) in [6.07, 6.45) is -10.2. The van der Waals surface area contributed by atoms with Gasteiger partial charge < -0.3 is 39.5 Å². The zero-order chi connectivity index (χ0) is 23.5. The smallest absolute Gasteiger partial charge is 0.410 e. The molecule has 1 saturated heterocycles. The first-order valence-electron chi connectivity index (χ1n) is 9.92. The third-order valence-corrected chi connectivity index (χ3v) is 4.95. The van der Waals surface area contributed by atoms with Crippen molar-refractivity contribution in [3.8, 4) is 0 Å². The summed E-state index contributed by atoms with van der Waals surface area (Å²) in [4.78, 5) is 25.2. The number of carboxylic acid groups (broad SMARTS) is 1. The van der Waals surface area contributed by atoms with E-state index in [0.29, 0.717) is 5.56 Å². The molecule has 0 spiro atoms. The number of benzene rings is 1. The van der Waals surface area contributed by atoms with E-state index in [4.69, 9.17) is 14.2 Å². The number of carboxylic acids is 1. The van der Waals surface area contributed by atoms with E-state index in [9.17, 15) is 30.0 Å². The van der Waals surface area contributed by atoms with Crippen LogP contribution in [0.2, 0.25) is 0 Å². The largest absolute Gasteiger partial charge is 0.479 e. The summed E-state index contributed by atoms with van der Waals surface area (Å²) >= 11 is 0. The Balaban J connectivity index is 2.30. The molecule has 0 saturated carbocycles. The third kappa shape index (κ3) is 6.14. The maximum absolute atomic E-state index is 12.5. The van der Waals surface area contributed by atoms with E-state index in [1.54, 1.807) is 58.0 Å². The number of carbonyl (C=O) groups is 2. The summed E-state index contributed by atoms with van der Waals surface area (Å²) in [5.74, 6) is -1.51. The molecule has 1 fully saturated rings. The summed E-state index contributed by atoms with van der Waals surface area (Å²) in [7, 11) is 1.52. The van der Waals surface area contributed by atoms with Crippen LogP contribution in [0, 0.1) is 0 Å². The molecule has 1 aliphatic heterocycles. The highest BCUT2D eigenvalue weighted by Crippen LogP contribution is 2.31. The van der Waals surface area contributed by atoms with Crippen molar-refractivity contribution in [2.24, 2.45) is 0 Å². The van der Waals surface area contributed by atoms with Crippen LogP contribution in [0.3, 0.4) is 0 Å². The lowest BCUT2D eigenvalue weighted by molar-refractivity contribution is -0.308. The van der Waals surface area contributed by atoms with Gasteiger partial charge in [0, 0.05) is 7.05 Å². The highest BCUT2D eigenvalue weighted by Gasteiger charge is 2.48. The summed E-state index contributed by atoms with van der Waals surface area (Å²) in [5.41, 5.74) is -0.0973. The van der Waals surface area contributed by atoms with E-state index in [0.717, 1.165) is 0 Å². The molecule has 1 aromatic rings. The number of aliphatic carboxylic acids is 1. The molecule has 10 heteroatoms. The molecule has 0 bridgehead atoms. The molecular formula is C21H31NO9. The van der Waals surface area contributed by atoms with E-state index in [1.807, 2.05) is 0 Å². The predicted octanol–water partition coefficient (Wildman–Crippen LogP) is 0.892. The second-order valence-corrected chi connectivity index (χ2v) is 8.53. The molecule has 10 nitrogen and oxygen atoms in total. The molecule has 4 N–H and O–H groups in total. The van der Waals surface area contributed by atoms with Gasteiger partial charge in [-0.05, 0) is 33.3 Å². The first-order chi connectivity index (χ1) is 14.3. The third-order valence-electron chi connectivity index (χ3n) is 4.95. The Morgan fingerprint density at radius 1 is 1.06 bits per heavy atom. The van der Waals surface area contributed by atoms with Crippen molar-refractivity contribution in [2.75, 3.05) is 7.05 Å². The van der Waals surface area contributed by atoms with Crippen molar-refractivity contribution in [1.29, 1.82) is 0 Å². The van der Waals surface area contributed by atoms with Crippen molar-refractivity contribution in [3.63, 3.8) is 0 Å². The van der Waals surface area contributed by atoms with Crippen LogP contribution >= 0.6 is 0 Å². The number of hydrogen-bond donors (Lipinski definition) is 4. The van der Waals surface area contributed by atoms with E-state index in [1.165, 1.54) is 11.9 Å². The van der Waals surface area contributed by atoms with Gasteiger partial charge in [0.1, 0.15) is 30.0 Å². The van der Waals surface area contributed by atoms with Gasteiger partial charge in [0.25, 0.3) is 0 Å². The topological polar surface area (TPSA) is 146 Å². The SMILES string of the molecule is CC(C(O[C@@H]1O[C@H](C(=O)O)[C@@H](O)[C@H](O)[C@H]1O)c1ccccc1)N(C)C(=O)OC(C)(C)C. The molecule has 31 heavy (non-hydrogen) atoms. The van der Waals surface area contributed by atoms with Crippen LogP contribution in [0.1, 0.15) is 39.4 Å². The summed E-state index contributed by atoms with van der Waals surface area (Å²) in [5, 5.41) is 39.5. The lowest BCUT2D eigenvalue weighted by Gasteiger charge is -2.41. The summed E-state index contributed by atoms with van der Waals surface area (Å²) < 4.78 is 16.5. The fraction of sp³-hybridized carbons (Fsp3) is 0.619. The van der Waals surface area contributed by atoms with Gasteiger partial charge in [0.2, 0.25) is 0 Å². The van der Waals surface area contributed by atoms with Crippen molar-refractivity contribution < 1.29 is 44.2 Å². The molecule has 1 aromatic carbocycles. The molecule has 7 atom stereocenters. The van der Waals surface area contributed by atoms with Crippen molar-refractivity contribution in [1.82, 2.24) is 4.90 Å². The number of nitrogens with zero attached hydrogens (tertiary/aromatic N) is 1. The Labute approximate surface area is 181 Å². The average molecular weight is 441 g/mol. The van der Waals surface area contributed by atoms with Gasteiger partial charge in [-0.1, -0.05) is 30.3 Å². The maximum Gasteiger partial charge on any atom is 0.410 e. The van der Waals surface area contributed by atoms with Crippen LogP contribution in [-0.2, 0) is 19.0 Å². The molecule has 0 radical (unpaired) electrons. The zero-order valence-corrected chi connectivity index (χ0v) is 18.2. The molecule has 2 unspecified atom stereocenters. The number of aliphatic hydroxyl groups excluding tert-OH is 3. The van der Waals surface area contributed by atoms with Crippen molar-refractivity contribution in [3.05, 3.63) is 35.9 Å². The lowest BCUT2D eigenvalue weighted by Crippen LogP contribution is -2.60. The number of rotatable bonds is 6. The number of aliphatic hydroxyl groups is 3. The minimum absolute atomic E-state index is 0.603. The fourth-order valence-electron chi connectivity index (χ4n) is 3.13. The number of hydrogen-bond acceptors (Lipinski definition) is 8.